The summed E-state index contributed by atoms with van der Waals surface area (Å²) >= 11 is 0. The van der Waals surface area contributed by atoms with Crippen LogP contribution in [0.15, 0.2) is 30.3 Å². The molecule has 0 bridgehead atoms. The Morgan fingerprint density at radius 3 is 2.61 bits per heavy atom. The lowest BCUT2D eigenvalue weighted by atomic mass is 10.1. The largest absolute Gasteiger partial charge is 0.496 e. The number of rotatable bonds is 4. The number of ether oxygens (including phenoxy) is 1. The lowest BCUT2D eigenvalue weighted by molar-refractivity contribution is 0.409. The van der Waals surface area contributed by atoms with E-state index in [0.717, 1.165) is 29.8 Å². The molecule has 0 aliphatic rings. The van der Waals surface area contributed by atoms with Crippen molar-refractivity contribution in [3.05, 3.63) is 41.6 Å². The topological polar surface area (TPSA) is 87.0 Å². The lowest BCUT2D eigenvalue weighted by Gasteiger charge is -2.08. The molecule has 94 valence electrons. The molecule has 4 N–H and O–H groups in total. The van der Waals surface area contributed by atoms with Gasteiger partial charge in [0.2, 0.25) is 5.95 Å². The van der Waals surface area contributed by atoms with Crippen molar-refractivity contribution in [3.8, 4) is 5.75 Å². The van der Waals surface area contributed by atoms with E-state index < -0.39 is 0 Å². The number of methoxy groups -OCH3 is 1. The highest BCUT2D eigenvalue weighted by molar-refractivity contribution is 5.37. The van der Waals surface area contributed by atoms with Gasteiger partial charge in [0, 0.05) is 11.8 Å². The summed E-state index contributed by atoms with van der Waals surface area (Å²) in [6.45, 7) is 0. The van der Waals surface area contributed by atoms with Crippen LogP contribution in [0.1, 0.15) is 11.3 Å². The molecule has 18 heavy (non-hydrogen) atoms. The number of aryl methyl sites for hydroxylation is 2. The van der Waals surface area contributed by atoms with Gasteiger partial charge < -0.3 is 16.2 Å². The molecular formula is C13H16N4O. The van der Waals surface area contributed by atoms with Gasteiger partial charge in [0.25, 0.3) is 0 Å². The zero-order valence-electron chi connectivity index (χ0n) is 10.3. The van der Waals surface area contributed by atoms with Crippen molar-refractivity contribution < 1.29 is 4.74 Å². The molecule has 0 spiro atoms. The summed E-state index contributed by atoms with van der Waals surface area (Å²) in [6.07, 6.45) is 1.57. The number of aromatic nitrogens is 2. The fraction of sp³-hybridized carbons (Fsp3) is 0.231. The average Bonchev–Trinajstić information content (AvgIpc) is 2.35. The Morgan fingerprint density at radius 1 is 1.11 bits per heavy atom. The van der Waals surface area contributed by atoms with Crippen LogP contribution in [0.4, 0.5) is 11.8 Å². The van der Waals surface area contributed by atoms with E-state index in [1.54, 1.807) is 13.2 Å². The lowest BCUT2D eigenvalue weighted by Crippen LogP contribution is -2.04. The third-order valence-electron chi connectivity index (χ3n) is 2.66. The Kier molecular flexibility index (Phi) is 3.62. The Hall–Kier alpha value is -2.30. The number of anilines is 2. The highest BCUT2D eigenvalue weighted by Crippen LogP contribution is 2.19. The van der Waals surface area contributed by atoms with Gasteiger partial charge in [0.05, 0.1) is 7.11 Å². The summed E-state index contributed by atoms with van der Waals surface area (Å²) in [6, 6.07) is 9.65. The number of nitrogens with zero attached hydrogens (tertiary/aromatic N) is 2. The van der Waals surface area contributed by atoms with Gasteiger partial charge in [0.1, 0.15) is 11.6 Å². The van der Waals surface area contributed by atoms with Crippen LogP contribution in [0, 0.1) is 0 Å². The van der Waals surface area contributed by atoms with Crippen LogP contribution in [0.2, 0.25) is 0 Å². The third kappa shape index (κ3) is 2.88. The van der Waals surface area contributed by atoms with Gasteiger partial charge >= 0.3 is 0 Å². The van der Waals surface area contributed by atoms with Crippen LogP contribution < -0.4 is 16.2 Å². The number of benzene rings is 1. The fourth-order valence-corrected chi connectivity index (χ4v) is 1.84. The van der Waals surface area contributed by atoms with Crippen LogP contribution >= 0.6 is 0 Å². The molecule has 0 fully saturated rings. The highest BCUT2D eigenvalue weighted by Gasteiger charge is 2.04. The number of nitrogens with two attached hydrogens (primary N) is 2. The quantitative estimate of drug-likeness (QED) is 0.849. The predicted molar refractivity (Wildman–Crippen MR) is 71.3 cm³/mol. The van der Waals surface area contributed by atoms with E-state index in [1.165, 1.54) is 0 Å². The maximum atomic E-state index is 5.63. The Bertz CT molecular complexity index is 522. The van der Waals surface area contributed by atoms with Crippen molar-refractivity contribution in [2.45, 2.75) is 12.8 Å². The van der Waals surface area contributed by atoms with E-state index >= 15 is 0 Å². The summed E-state index contributed by atoms with van der Waals surface area (Å²) < 4.78 is 5.30. The molecule has 1 aromatic heterocycles. The molecule has 2 rings (SSSR count). The van der Waals surface area contributed by atoms with Gasteiger partial charge in [-0.2, -0.15) is 4.98 Å². The average molecular weight is 244 g/mol. The second-order valence-electron chi connectivity index (χ2n) is 3.95. The molecule has 0 aliphatic heterocycles. The summed E-state index contributed by atoms with van der Waals surface area (Å²) in [7, 11) is 1.67. The minimum absolute atomic E-state index is 0.213. The van der Waals surface area contributed by atoms with E-state index in [2.05, 4.69) is 9.97 Å². The zero-order valence-corrected chi connectivity index (χ0v) is 10.3. The summed E-state index contributed by atoms with van der Waals surface area (Å²) in [5.41, 5.74) is 13.2. The molecule has 1 aromatic carbocycles. The normalized spacial score (nSPS) is 10.3. The van der Waals surface area contributed by atoms with Gasteiger partial charge in [-0.3, -0.25) is 0 Å². The molecule has 0 amide bonds. The predicted octanol–water partition coefficient (Wildman–Crippen LogP) is 1.43. The second kappa shape index (κ2) is 5.35. The number of hydrogen-bond acceptors (Lipinski definition) is 5. The molecule has 0 radical (unpaired) electrons. The van der Waals surface area contributed by atoms with Crippen molar-refractivity contribution in [1.82, 2.24) is 9.97 Å². The first kappa shape index (κ1) is 12.2. The maximum Gasteiger partial charge on any atom is 0.222 e. The molecule has 5 nitrogen and oxygen atoms in total. The minimum atomic E-state index is 0.213. The van der Waals surface area contributed by atoms with E-state index in [-0.39, 0.29) is 5.95 Å². The van der Waals surface area contributed by atoms with Crippen LogP contribution in [-0.2, 0) is 12.8 Å². The minimum Gasteiger partial charge on any atom is -0.496 e. The van der Waals surface area contributed by atoms with Gasteiger partial charge in [-0.25, -0.2) is 4.98 Å². The van der Waals surface area contributed by atoms with Crippen LogP contribution in [-0.4, -0.2) is 17.1 Å². The standard InChI is InChI=1S/C13H16N4O/c1-18-11-5-3-2-4-9(11)6-7-10-8-12(14)17-13(15)16-10/h2-5,8H,6-7H2,1H3,(H4,14,15,16,17). The van der Waals surface area contributed by atoms with Crippen molar-refractivity contribution >= 4 is 11.8 Å². The first-order chi connectivity index (χ1) is 8.69. The second-order valence-corrected chi connectivity index (χ2v) is 3.95. The molecule has 2 aromatic rings. The molecule has 5 heteroatoms. The van der Waals surface area contributed by atoms with Gasteiger partial charge in [-0.05, 0) is 24.5 Å². The molecule has 0 saturated carbocycles. The van der Waals surface area contributed by atoms with Gasteiger partial charge in [0.15, 0.2) is 0 Å². The fourth-order valence-electron chi connectivity index (χ4n) is 1.84. The van der Waals surface area contributed by atoms with Gasteiger partial charge in [-0.1, -0.05) is 18.2 Å². The van der Waals surface area contributed by atoms with Crippen LogP contribution in [0.25, 0.3) is 0 Å². The molecule has 0 aliphatic carbocycles. The van der Waals surface area contributed by atoms with E-state index in [0.29, 0.717) is 5.82 Å². The number of para-hydroxylation sites is 1. The van der Waals surface area contributed by atoms with Gasteiger partial charge in [-0.15, -0.1) is 0 Å². The molecule has 1 heterocycles. The monoisotopic (exact) mass is 244 g/mol. The Labute approximate surface area is 106 Å². The highest BCUT2D eigenvalue weighted by atomic mass is 16.5. The van der Waals surface area contributed by atoms with Crippen molar-refractivity contribution in [1.29, 1.82) is 0 Å². The first-order valence-electron chi connectivity index (χ1n) is 5.70. The Morgan fingerprint density at radius 2 is 1.89 bits per heavy atom. The first-order valence-corrected chi connectivity index (χ1v) is 5.70. The van der Waals surface area contributed by atoms with Crippen LogP contribution in [0.5, 0.6) is 5.75 Å². The van der Waals surface area contributed by atoms with E-state index in [4.69, 9.17) is 16.2 Å². The number of hydrogen-bond donors (Lipinski definition) is 2. The third-order valence-corrected chi connectivity index (χ3v) is 2.66. The zero-order chi connectivity index (χ0) is 13.0. The molecular weight excluding hydrogens is 228 g/mol. The van der Waals surface area contributed by atoms with Crippen molar-refractivity contribution in [2.75, 3.05) is 18.6 Å². The van der Waals surface area contributed by atoms with Crippen LogP contribution in [0.3, 0.4) is 0 Å². The SMILES string of the molecule is COc1ccccc1CCc1cc(N)nc(N)n1. The summed E-state index contributed by atoms with van der Waals surface area (Å²) in [5.74, 6) is 1.50. The summed E-state index contributed by atoms with van der Waals surface area (Å²) in [4.78, 5) is 7.99. The van der Waals surface area contributed by atoms with E-state index in [1.807, 2.05) is 24.3 Å². The molecule has 0 saturated heterocycles. The summed E-state index contributed by atoms with van der Waals surface area (Å²) in [5, 5.41) is 0. The molecule has 0 unspecified atom stereocenters. The van der Waals surface area contributed by atoms with E-state index in [9.17, 15) is 0 Å². The van der Waals surface area contributed by atoms with Crippen molar-refractivity contribution in [3.63, 3.8) is 0 Å². The molecule has 0 atom stereocenters. The Balaban J connectivity index is 2.11. The maximum absolute atomic E-state index is 5.63. The smallest absolute Gasteiger partial charge is 0.222 e. The van der Waals surface area contributed by atoms with Crippen molar-refractivity contribution in [2.24, 2.45) is 0 Å². The number of nitrogen functional groups attached to an aromatic ring is 2.